The lowest BCUT2D eigenvalue weighted by Gasteiger charge is -2.11. The van der Waals surface area contributed by atoms with E-state index in [0.29, 0.717) is 11.3 Å². The van der Waals surface area contributed by atoms with Crippen molar-refractivity contribution in [2.45, 2.75) is 6.10 Å². The lowest BCUT2D eigenvalue weighted by Crippen LogP contribution is -2.36. The number of para-hydroxylation sites is 1. The number of aliphatic hydroxyl groups is 2. The molecular weight excluding hydrogens is 292 g/mol. The topological polar surface area (TPSA) is 81.6 Å². The molecule has 2 amide bonds. The normalized spacial score (nSPS) is 11.0. The monoisotopic (exact) mass is 310 g/mol. The van der Waals surface area contributed by atoms with Crippen LogP contribution in [0.15, 0.2) is 54.6 Å². The molecule has 0 bridgehead atoms. The minimum absolute atomic E-state index is 0.0276. The molecule has 0 aliphatic heterocycles. The lowest BCUT2D eigenvalue weighted by atomic mass is 10.1. The number of nitrogens with one attached hydrogen (secondary N) is 2. The minimum atomic E-state index is -0.978. The molecule has 1 atom stereocenters. The summed E-state index contributed by atoms with van der Waals surface area (Å²) in [6.45, 7) is -0.431. The van der Waals surface area contributed by atoms with Gasteiger partial charge in [0.15, 0.2) is 0 Å². The summed E-state index contributed by atoms with van der Waals surface area (Å²) in [5.74, 6) is 6.07. The van der Waals surface area contributed by atoms with Gasteiger partial charge in [-0.15, -0.1) is 0 Å². The Hall–Kier alpha value is -2.81. The number of hydrogen-bond donors (Lipinski definition) is 4. The number of benzene rings is 2. The van der Waals surface area contributed by atoms with Crippen molar-refractivity contribution in [2.24, 2.45) is 0 Å². The summed E-state index contributed by atoms with van der Waals surface area (Å²) in [6, 6.07) is 16.3. The first kappa shape index (κ1) is 16.6. The molecule has 0 aromatic heterocycles. The number of hydrogen-bond acceptors (Lipinski definition) is 3. The summed E-state index contributed by atoms with van der Waals surface area (Å²) in [7, 11) is 0. The molecule has 0 saturated heterocycles. The van der Waals surface area contributed by atoms with Crippen LogP contribution >= 0.6 is 0 Å². The summed E-state index contributed by atoms with van der Waals surface area (Å²) in [5.41, 5.74) is 2.15. The number of carbonyl (C=O) groups is 1. The third-order valence-electron chi connectivity index (χ3n) is 3.00. The molecule has 5 nitrogen and oxygen atoms in total. The second kappa shape index (κ2) is 8.59. The molecule has 4 N–H and O–H groups in total. The molecule has 1 unspecified atom stereocenters. The van der Waals surface area contributed by atoms with Crippen LogP contribution in [0.4, 0.5) is 10.5 Å². The molecule has 2 aromatic carbocycles. The van der Waals surface area contributed by atoms with Gasteiger partial charge in [0.2, 0.25) is 0 Å². The number of anilines is 1. The van der Waals surface area contributed by atoms with E-state index in [9.17, 15) is 9.90 Å². The van der Waals surface area contributed by atoms with Gasteiger partial charge in [0.25, 0.3) is 0 Å². The van der Waals surface area contributed by atoms with E-state index in [2.05, 4.69) is 22.5 Å². The third kappa shape index (κ3) is 5.47. The van der Waals surface area contributed by atoms with Crippen LogP contribution in [0.5, 0.6) is 0 Å². The number of urea groups is 1. The van der Waals surface area contributed by atoms with Gasteiger partial charge < -0.3 is 20.8 Å². The largest absolute Gasteiger partial charge is 0.394 e. The molecule has 0 fully saturated rings. The number of carbonyl (C=O) groups excluding carboxylic acids is 1. The van der Waals surface area contributed by atoms with Gasteiger partial charge in [-0.3, -0.25) is 0 Å². The van der Waals surface area contributed by atoms with E-state index in [-0.39, 0.29) is 6.54 Å². The molecule has 5 heteroatoms. The number of rotatable bonds is 4. The average molecular weight is 310 g/mol. The van der Waals surface area contributed by atoms with E-state index in [1.54, 1.807) is 12.1 Å². The maximum Gasteiger partial charge on any atom is 0.319 e. The van der Waals surface area contributed by atoms with Crippen LogP contribution in [0.1, 0.15) is 11.1 Å². The highest BCUT2D eigenvalue weighted by atomic mass is 16.3. The first-order valence-corrected chi connectivity index (χ1v) is 7.19. The zero-order valence-electron chi connectivity index (χ0n) is 12.5. The van der Waals surface area contributed by atoms with E-state index >= 15 is 0 Å². The summed E-state index contributed by atoms with van der Waals surface area (Å²) in [6.07, 6.45) is -0.978. The van der Waals surface area contributed by atoms with E-state index in [1.165, 1.54) is 0 Å². The number of aliphatic hydroxyl groups excluding tert-OH is 2. The molecular formula is C18H18N2O3. The van der Waals surface area contributed by atoms with E-state index < -0.39 is 18.7 Å². The Morgan fingerprint density at radius 2 is 1.74 bits per heavy atom. The maximum absolute atomic E-state index is 11.8. The molecule has 0 heterocycles. The van der Waals surface area contributed by atoms with Crippen molar-refractivity contribution < 1.29 is 15.0 Å². The predicted molar refractivity (Wildman–Crippen MR) is 89.0 cm³/mol. The Labute approximate surface area is 135 Å². The minimum Gasteiger partial charge on any atom is -0.394 e. The van der Waals surface area contributed by atoms with Crippen molar-refractivity contribution in [1.82, 2.24) is 5.32 Å². The predicted octanol–water partition coefficient (Wildman–Crippen LogP) is 1.56. The Kier molecular flexibility index (Phi) is 6.18. The lowest BCUT2D eigenvalue weighted by molar-refractivity contribution is 0.0965. The molecule has 2 rings (SSSR count). The molecule has 23 heavy (non-hydrogen) atoms. The maximum atomic E-state index is 11.8. The van der Waals surface area contributed by atoms with Crippen molar-refractivity contribution in [1.29, 1.82) is 0 Å². The summed E-state index contributed by atoms with van der Waals surface area (Å²) >= 11 is 0. The van der Waals surface area contributed by atoms with Crippen molar-refractivity contribution in [2.75, 3.05) is 18.5 Å². The third-order valence-corrected chi connectivity index (χ3v) is 3.00. The number of amides is 2. The highest BCUT2D eigenvalue weighted by molar-refractivity contribution is 5.90. The standard InChI is InChI=1S/C18H18N2O3/c21-13-16(22)12-19-18(23)20-17-9-5-4-8-15(17)11-10-14-6-2-1-3-7-14/h1-9,16,21-22H,12-13H2,(H2,19,20,23). The van der Waals surface area contributed by atoms with Crippen LogP contribution in [0, 0.1) is 11.8 Å². The molecule has 0 aliphatic rings. The Morgan fingerprint density at radius 1 is 1.04 bits per heavy atom. The van der Waals surface area contributed by atoms with Gasteiger partial charge in [0.05, 0.1) is 18.4 Å². The van der Waals surface area contributed by atoms with Gasteiger partial charge in [-0.1, -0.05) is 42.2 Å². The summed E-state index contributed by atoms with van der Waals surface area (Å²) in [5, 5.41) is 23.1. The molecule has 0 saturated carbocycles. The SMILES string of the molecule is O=C(NCC(O)CO)Nc1ccccc1C#Cc1ccccc1. The summed E-state index contributed by atoms with van der Waals surface area (Å²) < 4.78 is 0. The van der Waals surface area contributed by atoms with Crippen molar-refractivity contribution in [3.05, 3.63) is 65.7 Å². The zero-order chi connectivity index (χ0) is 16.5. The van der Waals surface area contributed by atoms with E-state index in [1.807, 2.05) is 42.5 Å². The fraction of sp³-hybridized carbons (Fsp3) is 0.167. The Balaban J connectivity index is 2.06. The Bertz CT molecular complexity index is 705. The van der Waals surface area contributed by atoms with Gasteiger partial charge in [0, 0.05) is 17.7 Å². The van der Waals surface area contributed by atoms with Crippen LogP contribution in [-0.4, -0.2) is 35.5 Å². The molecule has 2 aromatic rings. The highest BCUT2D eigenvalue weighted by Crippen LogP contribution is 2.13. The van der Waals surface area contributed by atoms with Crippen LogP contribution in [0.2, 0.25) is 0 Å². The quantitative estimate of drug-likeness (QED) is 0.647. The van der Waals surface area contributed by atoms with Crippen LogP contribution in [0.25, 0.3) is 0 Å². The Morgan fingerprint density at radius 3 is 2.48 bits per heavy atom. The molecule has 0 spiro atoms. The fourth-order valence-electron chi connectivity index (χ4n) is 1.80. The molecule has 0 radical (unpaired) electrons. The average Bonchev–Trinajstić information content (AvgIpc) is 2.59. The van der Waals surface area contributed by atoms with Gasteiger partial charge in [-0.2, -0.15) is 0 Å². The second-order valence-electron chi connectivity index (χ2n) is 4.83. The van der Waals surface area contributed by atoms with Crippen molar-refractivity contribution in [3.8, 4) is 11.8 Å². The van der Waals surface area contributed by atoms with Gasteiger partial charge >= 0.3 is 6.03 Å². The highest BCUT2D eigenvalue weighted by Gasteiger charge is 2.07. The van der Waals surface area contributed by atoms with Gasteiger partial charge in [-0.05, 0) is 24.3 Å². The van der Waals surface area contributed by atoms with Crippen LogP contribution < -0.4 is 10.6 Å². The fourth-order valence-corrected chi connectivity index (χ4v) is 1.80. The van der Waals surface area contributed by atoms with Crippen LogP contribution in [-0.2, 0) is 0 Å². The van der Waals surface area contributed by atoms with Crippen molar-refractivity contribution in [3.63, 3.8) is 0 Å². The molecule has 0 aliphatic carbocycles. The van der Waals surface area contributed by atoms with Crippen LogP contribution in [0.3, 0.4) is 0 Å². The van der Waals surface area contributed by atoms with E-state index in [4.69, 9.17) is 5.11 Å². The van der Waals surface area contributed by atoms with Gasteiger partial charge in [-0.25, -0.2) is 4.79 Å². The molecule has 118 valence electrons. The first-order valence-electron chi connectivity index (χ1n) is 7.19. The first-order chi connectivity index (χ1) is 11.2. The summed E-state index contributed by atoms with van der Waals surface area (Å²) in [4.78, 5) is 11.8. The zero-order valence-corrected chi connectivity index (χ0v) is 12.5. The van der Waals surface area contributed by atoms with Crippen molar-refractivity contribution >= 4 is 11.7 Å². The smallest absolute Gasteiger partial charge is 0.319 e. The second-order valence-corrected chi connectivity index (χ2v) is 4.83. The van der Waals surface area contributed by atoms with E-state index in [0.717, 1.165) is 5.56 Å². The van der Waals surface area contributed by atoms with Gasteiger partial charge in [0.1, 0.15) is 0 Å².